The van der Waals surface area contributed by atoms with Gasteiger partial charge in [-0.2, -0.15) is 8.42 Å². The SMILES string of the molecule is CCN(CC)c1ccc2c(-c3ccc(S(=O)(=O)NCCCCCCCCC=O)cc3S(=O)(=O)O)c3ccc(=[N+](CC)CC)cc-3oc2c1. The van der Waals surface area contributed by atoms with E-state index in [-0.39, 0.29) is 17.0 Å². The second-order valence-electron chi connectivity index (χ2n) is 11.8. The van der Waals surface area contributed by atoms with Crippen molar-refractivity contribution in [2.24, 2.45) is 0 Å². The fourth-order valence-corrected chi connectivity index (χ4v) is 8.07. The van der Waals surface area contributed by atoms with E-state index in [1.165, 1.54) is 12.1 Å². The van der Waals surface area contributed by atoms with Crippen molar-refractivity contribution >= 4 is 43.1 Å². The van der Waals surface area contributed by atoms with E-state index in [0.29, 0.717) is 40.7 Å². The van der Waals surface area contributed by atoms with Crippen LogP contribution in [0.15, 0.2) is 68.8 Å². The van der Waals surface area contributed by atoms with Gasteiger partial charge < -0.3 is 14.1 Å². The molecular formula is C36H48N3O7S2+. The minimum absolute atomic E-state index is 0.169. The summed E-state index contributed by atoms with van der Waals surface area (Å²) in [7, 11) is -8.93. The van der Waals surface area contributed by atoms with Crippen molar-refractivity contribution in [2.45, 2.75) is 82.4 Å². The van der Waals surface area contributed by atoms with Gasteiger partial charge in [0.15, 0.2) is 0 Å². The molecule has 2 aliphatic rings. The largest absolute Gasteiger partial charge is 0.456 e. The zero-order chi connectivity index (χ0) is 34.9. The summed E-state index contributed by atoms with van der Waals surface area (Å²) in [5, 5.41) is 1.57. The lowest BCUT2D eigenvalue weighted by molar-refractivity contribution is -0.107. The molecule has 48 heavy (non-hydrogen) atoms. The predicted molar refractivity (Wildman–Crippen MR) is 192 cm³/mol. The van der Waals surface area contributed by atoms with E-state index < -0.39 is 25.0 Å². The Labute approximate surface area is 284 Å². The number of fused-ring (bicyclic) bond motifs is 2. The number of carbonyl (C=O) groups is 1. The second kappa shape index (κ2) is 16.7. The third-order valence-electron chi connectivity index (χ3n) is 8.80. The number of hydrogen-bond acceptors (Lipinski definition) is 7. The zero-order valence-electron chi connectivity index (χ0n) is 28.4. The van der Waals surface area contributed by atoms with Crippen LogP contribution in [-0.2, 0) is 24.9 Å². The standard InChI is InChI=1S/C36H47N3O7S2/c1-5-38(6-2)27-16-19-30-33(24-27)46-34-25-28(39(7-3)8-4)17-20-31(34)36(30)32-21-18-29(26-35(32)48(43,44)45)47(41,42)37-22-14-12-10-9-11-13-15-23-40/h16-21,23-26,37H,5-15,22H2,1-4H3/p+1. The quantitative estimate of drug-likeness (QED) is 0.0405. The van der Waals surface area contributed by atoms with Crippen molar-refractivity contribution in [2.75, 3.05) is 37.6 Å². The topological polar surface area (TPSA) is 137 Å². The molecule has 0 aromatic heterocycles. The molecule has 2 aromatic carbocycles. The van der Waals surface area contributed by atoms with Crippen LogP contribution in [0.25, 0.3) is 33.4 Å². The van der Waals surface area contributed by atoms with Crippen molar-refractivity contribution in [3.8, 4) is 22.5 Å². The summed E-state index contributed by atoms with van der Waals surface area (Å²) in [5.41, 5.74) is 2.78. The molecule has 0 radical (unpaired) electrons. The summed E-state index contributed by atoms with van der Waals surface area (Å²) in [5.74, 6) is 0.530. The lowest BCUT2D eigenvalue weighted by Crippen LogP contribution is -2.29. The minimum atomic E-state index is -4.86. The van der Waals surface area contributed by atoms with E-state index in [9.17, 15) is 26.2 Å². The summed E-state index contributed by atoms with van der Waals surface area (Å²) in [6.45, 7) is 11.6. The number of hydrogen-bond donors (Lipinski definition) is 2. The summed E-state index contributed by atoms with van der Waals surface area (Å²) in [6.07, 6.45) is 6.65. The van der Waals surface area contributed by atoms with Crippen LogP contribution < -0.4 is 19.6 Å². The Morgan fingerprint density at radius 1 is 0.812 bits per heavy atom. The number of unbranched alkanes of at least 4 members (excludes halogenated alkanes) is 6. The molecule has 2 aromatic rings. The number of nitrogens with one attached hydrogen (secondary N) is 1. The maximum atomic E-state index is 13.3. The first kappa shape index (κ1) is 37.2. The summed E-state index contributed by atoms with van der Waals surface area (Å²) < 4.78 is 74.1. The first-order valence-electron chi connectivity index (χ1n) is 16.9. The highest BCUT2D eigenvalue weighted by molar-refractivity contribution is 7.89. The van der Waals surface area contributed by atoms with Gasteiger partial charge in [-0.05, 0) is 70.9 Å². The van der Waals surface area contributed by atoms with Gasteiger partial charge in [0.05, 0.1) is 11.0 Å². The zero-order valence-corrected chi connectivity index (χ0v) is 30.0. The normalized spacial score (nSPS) is 12.1. The number of carbonyl (C=O) groups excluding carboxylic acids is 1. The Hall–Kier alpha value is -3.58. The van der Waals surface area contributed by atoms with Crippen molar-refractivity contribution in [3.63, 3.8) is 0 Å². The summed E-state index contributed by atoms with van der Waals surface area (Å²) in [4.78, 5) is 11.9. The Kier molecular flexibility index (Phi) is 12.9. The highest BCUT2D eigenvalue weighted by Crippen LogP contribution is 2.43. The van der Waals surface area contributed by atoms with Crippen LogP contribution in [0.4, 0.5) is 5.69 Å². The van der Waals surface area contributed by atoms with Crippen molar-refractivity contribution in [3.05, 3.63) is 60.0 Å². The van der Waals surface area contributed by atoms with E-state index in [0.717, 1.165) is 81.7 Å². The Morgan fingerprint density at radius 3 is 2.12 bits per heavy atom. The molecule has 0 atom stereocenters. The molecule has 0 fully saturated rings. The third kappa shape index (κ3) is 8.71. The van der Waals surface area contributed by atoms with Gasteiger partial charge in [-0.25, -0.2) is 17.7 Å². The molecule has 260 valence electrons. The second-order valence-corrected chi connectivity index (χ2v) is 14.9. The minimum Gasteiger partial charge on any atom is -0.456 e. The van der Waals surface area contributed by atoms with E-state index in [4.69, 9.17) is 4.42 Å². The van der Waals surface area contributed by atoms with Gasteiger partial charge in [0.25, 0.3) is 10.1 Å². The van der Waals surface area contributed by atoms with Crippen molar-refractivity contribution < 1.29 is 30.6 Å². The van der Waals surface area contributed by atoms with Gasteiger partial charge in [0.2, 0.25) is 15.4 Å². The first-order chi connectivity index (χ1) is 23.0. The molecule has 1 aliphatic carbocycles. The average molecular weight is 699 g/mol. The Morgan fingerprint density at radius 2 is 1.48 bits per heavy atom. The molecule has 2 N–H and O–H groups in total. The molecule has 0 saturated carbocycles. The average Bonchev–Trinajstić information content (AvgIpc) is 3.06. The number of aldehydes is 1. The molecule has 0 amide bonds. The van der Waals surface area contributed by atoms with E-state index >= 15 is 0 Å². The molecule has 0 unspecified atom stereocenters. The van der Waals surface area contributed by atoms with Gasteiger partial charge in [0, 0.05) is 66.0 Å². The van der Waals surface area contributed by atoms with Crippen LogP contribution in [0, 0.1) is 0 Å². The van der Waals surface area contributed by atoms with Gasteiger partial charge in [-0.15, -0.1) is 0 Å². The predicted octanol–water partition coefficient (Wildman–Crippen LogP) is 6.32. The molecule has 0 spiro atoms. The van der Waals surface area contributed by atoms with Gasteiger partial charge in [0.1, 0.15) is 35.6 Å². The molecule has 0 saturated heterocycles. The molecule has 12 heteroatoms. The van der Waals surface area contributed by atoms with E-state index in [1.807, 2.05) is 36.4 Å². The molecular weight excluding hydrogens is 651 g/mol. The lowest BCUT2D eigenvalue weighted by Gasteiger charge is -2.22. The first-order valence-corrected chi connectivity index (χ1v) is 19.8. The van der Waals surface area contributed by atoms with Gasteiger partial charge in [-0.1, -0.05) is 31.7 Å². The maximum absolute atomic E-state index is 13.3. The van der Waals surface area contributed by atoms with Crippen LogP contribution in [-0.4, -0.2) is 60.4 Å². The van der Waals surface area contributed by atoms with Crippen molar-refractivity contribution in [1.29, 1.82) is 0 Å². The number of nitrogens with zero attached hydrogens (tertiary/aromatic N) is 2. The maximum Gasteiger partial charge on any atom is 0.295 e. The highest BCUT2D eigenvalue weighted by atomic mass is 32.2. The smallest absolute Gasteiger partial charge is 0.295 e. The van der Waals surface area contributed by atoms with Crippen LogP contribution in [0.3, 0.4) is 0 Å². The number of sulfonamides is 1. The fraction of sp³-hybridized carbons (Fsp3) is 0.444. The van der Waals surface area contributed by atoms with Gasteiger partial charge >= 0.3 is 0 Å². The fourth-order valence-electron chi connectivity index (χ4n) is 6.17. The molecule has 1 heterocycles. The van der Waals surface area contributed by atoms with E-state index in [1.54, 1.807) is 0 Å². The number of rotatable bonds is 18. The molecule has 4 rings (SSSR count). The van der Waals surface area contributed by atoms with Gasteiger partial charge in [-0.3, -0.25) is 4.55 Å². The van der Waals surface area contributed by atoms with E-state index in [2.05, 4.69) is 41.9 Å². The monoisotopic (exact) mass is 698 g/mol. The molecule has 10 nitrogen and oxygen atoms in total. The lowest BCUT2D eigenvalue weighted by atomic mass is 9.93. The molecule has 0 bridgehead atoms. The van der Waals surface area contributed by atoms with Crippen LogP contribution >= 0.6 is 0 Å². The number of benzene rings is 3. The Bertz CT molecular complexity index is 1980. The van der Waals surface area contributed by atoms with Crippen LogP contribution in [0.1, 0.15) is 72.6 Å². The van der Waals surface area contributed by atoms with Crippen molar-refractivity contribution in [1.82, 2.24) is 9.30 Å². The highest BCUT2D eigenvalue weighted by Gasteiger charge is 2.27. The summed E-state index contributed by atoms with van der Waals surface area (Å²) >= 11 is 0. The number of anilines is 1. The van der Waals surface area contributed by atoms with Crippen LogP contribution in [0.5, 0.6) is 0 Å². The third-order valence-corrected chi connectivity index (χ3v) is 11.1. The van der Waals surface area contributed by atoms with Crippen LogP contribution in [0.2, 0.25) is 0 Å². The molecule has 1 aliphatic heterocycles. The Balaban J connectivity index is 1.81. The summed E-state index contributed by atoms with van der Waals surface area (Å²) in [6, 6.07) is 15.3.